The first-order valence-corrected chi connectivity index (χ1v) is 12.1. The van der Waals surface area contributed by atoms with Gasteiger partial charge in [-0.1, -0.05) is 24.9 Å². The zero-order valence-electron chi connectivity index (χ0n) is 19.3. The van der Waals surface area contributed by atoms with Gasteiger partial charge in [0.15, 0.2) is 11.6 Å². The van der Waals surface area contributed by atoms with Crippen molar-refractivity contribution in [1.29, 1.82) is 5.41 Å². The lowest BCUT2D eigenvalue weighted by Crippen LogP contribution is -2.44. The molecule has 0 radical (unpaired) electrons. The van der Waals surface area contributed by atoms with Crippen LogP contribution in [0.25, 0.3) is 5.76 Å². The molecule has 3 rings (SSSR count). The summed E-state index contributed by atoms with van der Waals surface area (Å²) in [5.41, 5.74) is -0.0913. The number of Topliss-reactive ketones (excluding diaryl/α,β-unsaturated/α-hetero) is 1. The van der Waals surface area contributed by atoms with Crippen molar-refractivity contribution in [2.24, 2.45) is 11.3 Å². The normalized spacial score (nSPS) is 25.0. The molecule has 1 heterocycles. The van der Waals surface area contributed by atoms with Gasteiger partial charge in [-0.15, -0.1) is 0 Å². The fourth-order valence-corrected chi connectivity index (χ4v) is 4.98. The Labute approximate surface area is 195 Å². The van der Waals surface area contributed by atoms with Gasteiger partial charge in [0.2, 0.25) is 5.88 Å². The van der Waals surface area contributed by atoms with Gasteiger partial charge in [0, 0.05) is 18.1 Å². The monoisotopic (exact) mass is 462 g/mol. The number of hydrogen-bond donors (Lipinski definition) is 3. The zero-order valence-corrected chi connectivity index (χ0v) is 20.1. The molecule has 3 N–H and O–H groups in total. The van der Waals surface area contributed by atoms with Gasteiger partial charge in [-0.3, -0.25) is 4.79 Å². The summed E-state index contributed by atoms with van der Waals surface area (Å²) in [6.07, 6.45) is 6.91. The second kappa shape index (κ2) is 10.8. The van der Waals surface area contributed by atoms with Crippen LogP contribution >= 0.6 is 11.6 Å². The van der Waals surface area contributed by atoms with Crippen LogP contribution in [0.4, 0.5) is 0 Å². The highest BCUT2D eigenvalue weighted by atomic mass is 35.5. The van der Waals surface area contributed by atoms with Crippen LogP contribution in [0.1, 0.15) is 77.5 Å². The minimum atomic E-state index is -0.769. The Morgan fingerprint density at radius 2 is 2.03 bits per heavy atom. The minimum absolute atomic E-state index is 0.0441. The Hall–Kier alpha value is -1.99. The van der Waals surface area contributed by atoms with Crippen molar-refractivity contribution in [2.75, 3.05) is 13.6 Å². The van der Waals surface area contributed by atoms with E-state index in [1.165, 1.54) is 6.07 Å². The van der Waals surface area contributed by atoms with Crippen LogP contribution in [0.2, 0.25) is 5.15 Å². The molecule has 7 nitrogen and oxygen atoms in total. The Morgan fingerprint density at radius 1 is 1.28 bits per heavy atom. The molecule has 0 amide bonds. The molecule has 0 unspecified atom stereocenters. The number of allylic oxidation sites excluding steroid dienone is 1. The summed E-state index contributed by atoms with van der Waals surface area (Å²) in [5.74, 6) is 0.607. The van der Waals surface area contributed by atoms with E-state index >= 15 is 0 Å². The van der Waals surface area contributed by atoms with Gasteiger partial charge in [0.25, 0.3) is 0 Å². The fraction of sp³-hybridized carbons (Fsp3) is 0.667. The van der Waals surface area contributed by atoms with E-state index in [0.29, 0.717) is 43.1 Å². The third kappa shape index (κ3) is 5.31. The van der Waals surface area contributed by atoms with Crippen molar-refractivity contribution < 1.29 is 14.6 Å². The lowest BCUT2D eigenvalue weighted by molar-refractivity contribution is -0.128. The summed E-state index contributed by atoms with van der Waals surface area (Å²) in [4.78, 5) is 21.3. The van der Waals surface area contributed by atoms with E-state index < -0.39 is 5.41 Å². The second-order valence-electron chi connectivity index (χ2n) is 9.17. The molecule has 1 aromatic rings. The predicted molar refractivity (Wildman–Crippen MR) is 126 cm³/mol. The standard InChI is InChI=1S/C24H35ClN4O3/c1-15(8-7-13-27-3)16(2)32-20-14-19(25)28-23(29-20)21(31)17-9-6-12-24(22(17)26)11-5-4-10-18(24)30/h14-16,26-27,31H,4-13H2,1-3H3/b21-17-,26-22?/t15-,16-,24+/m0/s1. The maximum atomic E-state index is 12.8. The Morgan fingerprint density at radius 3 is 2.75 bits per heavy atom. The van der Waals surface area contributed by atoms with E-state index in [-0.39, 0.29) is 34.3 Å². The molecule has 2 fully saturated rings. The van der Waals surface area contributed by atoms with Crippen LogP contribution in [-0.2, 0) is 4.79 Å². The first-order valence-electron chi connectivity index (χ1n) is 11.7. The number of halogens is 1. The number of ketones is 1. The summed E-state index contributed by atoms with van der Waals surface area (Å²) in [7, 11) is 1.94. The molecule has 0 saturated heterocycles. The largest absolute Gasteiger partial charge is 0.504 e. The molecule has 0 bridgehead atoms. The number of nitrogens with one attached hydrogen (secondary N) is 2. The first kappa shape index (κ1) is 24.6. The highest BCUT2D eigenvalue weighted by molar-refractivity contribution is 6.29. The molecule has 32 heavy (non-hydrogen) atoms. The molecule has 1 spiro atoms. The van der Waals surface area contributed by atoms with Gasteiger partial charge in [0.1, 0.15) is 17.0 Å². The van der Waals surface area contributed by atoms with Crippen molar-refractivity contribution in [3.05, 3.63) is 22.6 Å². The number of ether oxygens (including phenoxy) is 1. The highest BCUT2D eigenvalue weighted by Gasteiger charge is 2.47. The Kier molecular flexibility index (Phi) is 8.28. The van der Waals surface area contributed by atoms with Crippen LogP contribution in [-0.4, -0.2) is 46.3 Å². The van der Waals surface area contributed by atoms with E-state index in [2.05, 4.69) is 22.2 Å². The number of aliphatic hydroxyl groups is 1. The van der Waals surface area contributed by atoms with Gasteiger partial charge in [-0.2, -0.15) is 4.98 Å². The van der Waals surface area contributed by atoms with Gasteiger partial charge in [-0.25, -0.2) is 4.98 Å². The van der Waals surface area contributed by atoms with Gasteiger partial charge < -0.3 is 20.6 Å². The number of hydrogen-bond acceptors (Lipinski definition) is 7. The molecular weight excluding hydrogens is 428 g/mol. The quantitative estimate of drug-likeness (QED) is 0.280. The fourth-order valence-electron chi connectivity index (χ4n) is 4.80. The predicted octanol–water partition coefficient (Wildman–Crippen LogP) is 5.14. The molecular formula is C24H35ClN4O3. The van der Waals surface area contributed by atoms with Crippen molar-refractivity contribution in [2.45, 2.75) is 77.7 Å². The third-order valence-electron chi connectivity index (χ3n) is 6.97. The maximum absolute atomic E-state index is 12.8. The molecule has 2 aliphatic rings. The molecule has 8 heteroatoms. The number of aromatic nitrogens is 2. The molecule has 1 aromatic heterocycles. The first-order chi connectivity index (χ1) is 15.3. The van der Waals surface area contributed by atoms with Crippen molar-refractivity contribution in [3.8, 4) is 5.88 Å². The molecule has 3 atom stereocenters. The molecule has 0 aromatic carbocycles. The van der Waals surface area contributed by atoms with Crippen LogP contribution in [0, 0.1) is 16.7 Å². The second-order valence-corrected chi connectivity index (χ2v) is 9.55. The maximum Gasteiger partial charge on any atom is 0.218 e. The summed E-state index contributed by atoms with van der Waals surface area (Å²) in [6, 6.07) is 1.54. The van der Waals surface area contributed by atoms with Gasteiger partial charge >= 0.3 is 0 Å². The smallest absolute Gasteiger partial charge is 0.218 e. The van der Waals surface area contributed by atoms with E-state index in [0.717, 1.165) is 38.6 Å². The van der Waals surface area contributed by atoms with Crippen molar-refractivity contribution >= 4 is 28.9 Å². The van der Waals surface area contributed by atoms with Gasteiger partial charge in [0.05, 0.1) is 11.1 Å². The molecule has 2 saturated carbocycles. The van der Waals surface area contributed by atoms with Crippen LogP contribution in [0.5, 0.6) is 5.88 Å². The summed E-state index contributed by atoms with van der Waals surface area (Å²) in [5, 5.41) is 23.1. The number of carbonyl (C=O) groups excluding carboxylic acids is 1. The van der Waals surface area contributed by atoms with Crippen LogP contribution in [0.15, 0.2) is 11.6 Å². The summed E-state index contributed by atoms with van der Waals surface area (Å²) < 4.78 is 6.02. The van der Waals surface area contributed by atoms with Crippen molar-refractivity contribution in [1.82, 2.24) is 15.3 Å². The summed E-state index contributed by atoms with van der Waals surface area (Å²) >= 11 is 6.22. The van der Waals surface area contributed by atoms with E-state index in [9.17, 15) is 9.90 Å². The number of nitrogens with zero attached hydrogens (tertiary/aromatic N) is 2. The zero-order chi connectivity index (χ0) is 23.3. The number of aliphatic hydroxyl groups excluding tert-OH is 1. The third-order valence-corrected chi connectivity index (χ3v) is 7.16. The molecule has 2 aliphatic carbocycles. The van der Waals surface area contributed by atoms with Crippen LogP contribution in [0.3, 0.4) is 0 Å². The lowest BCUT2D eigenvalue weighted by Gasteiger charge is -2.40. The lowest BCUT2D eigenvalue weighted by atomic mass is 9.62. The minimum Gasteiger partial charge on any atom is -0.504 e. The highest BCUT2D eigenvalue weighted by Crippen LogP contribution is 2.46. The number of carbonyl (C=O) groups is 1. The van der Waals surface area contributed by atoms with E-state index in [1.54, 1.807) is 0 Å². The average molecular weight is 463 g/mol. The topological polar surface area (TPSA) is 108 Å². The average Bonchev–Trinajstić information content (AvgIpc) is 2.76. The van der Waals surface area contributed by atoms with Crippen molar-refractivity contribution in [3.63, 3.8) is 0 Å². The Bertz CT molecular complexity index is 884. The van der Waals surface area contributed by atoms with Crippen LogP contribution < -0.4 is 10.1 Å². The van der Waals surface area contributed by atoms with E-state index in [4.69, 9.17) is 21.7 Å². The van der Waals surface area contributed by atoms with Gasteiger partial charge in [-0.05, 0) is 71.4 Å². The Balaban J connectivity index is 1.83. The SMILES string of the molecule is CNCCC[C@H](C)[C@H](C)Oc1cc(Cl)nc(/C(O)=C2\CCC[C@@]3(CCCCC3=O)C2=N)n1. The van der Waals surface area contributed by atoms with E-state index in [1.807, 2.05) is 14.0 Å². The molecule has 176 valence electrons. The summed E-state index contributed by atoms with van der Waals surface area (Å²) in [6.45, 7) is 5.08. The number of rotatable bonds is 8. The molecule has 0 aliphatic heterocycles.